The number of halogens is 2. The van der Waals surface area contributed by atoms with Crippen molar-refractivity contribution < 1.29 is 4.39 Å². The Morgan fingerprint density at radius 1 is 1.14 bits per heavy atom. The van der Waals surface area contributed by atoms with Gasteiger partial charge in [-0.25, -0.2) is 4.39 Å². The molecule has 2 aromatic carbocycles. The van der Waals surface area contributed by atoms with Gasteiger partial charge in [0, 0.05) is 21.5 Å². The molecule has 0 radical (unpaired) electrons. The molecule has 0 aliphatic heterocycles. The lowest BCUT2D eigenvalue weighted by atomic mass is 10.1. The Morgan fingerprint density at radius 3 is 2.59 bits per heavy atom. The molecule has 3 aromatic rings. The first-order valence-corrected chi connectivity index (χ1v) is 7.89. The van der Waals surface area contributed by atoms with Crippen molar-refractivity contribution >= 4 is 39.8 Å². The lowest BCUT2D eigenvalue weighted by Gasteiger charge is -2.08. The molecule has 0 bridgehead atoms. The summed E-state index contributed by atoms with van der Waals surface area (Å²) in [5, 5.41) is 2.44. The third kappa shape index (κ3) is 2.96. The number of pyridine rings is 1. The fourth-order valence-electron chi connectivity index (χ4n) is 2.15. The molecule has 22 heavy (non-hydrogen) atoms. The molecule has 0 fully saturated rings. The molecule has 0 aliphatic carbocycles. The fourth-order valence-corrected chi connectivity index (χ4v) is 3.27. The lowest BCUT2D eigenvalue weighted by Crippen LogP contribution is -2.13. The Hall–Kier alpha value is -1.98. The first-order valence-electron chi connectivity index (χ1n) is 6.53. The van der Waals surface area contributed by atoms with Crippen molar-refractivity contribution in [2.45, 2.75) is 10.8 Å². The Morgan fingerprint density at radius 2 is 1.86 bits per heavy atom. The van der Waals surface area contributed by atoms with Crippen LogP contribution in [0.25, 0.3) is 10.8 Å². The van der Waals surface area contributed by atoms with E-state index in [0.29, 0.717) is 26.6 Å². The maximum atomic E-state index is 13.5. The van der Waals surface area contributed by atoms with Crippen LogP contribution in [0.4, 0.5) is 10.1 Å². The predicted octanol–water partition coefficient (Wildman–Crippen LogP) is 4.20. The molecule has 1 aromatic heterocycles. The van der Waals surface area contributed by atoms with Gasteiger partial charge in [-0.3, -0.25) is 4.79 Å². The first-order chi connectivity index (χ1) is 10.5. The summed E-state index contributed by atoms with van der Waals surface area (Å²) in [7, 11) is 0. The number of H-pyrrole nitrogens is 1. The van der Waals surface area contributed by atoms with Crippen molar-refractivity contribution in [2.24, 2.45) is 0 Å². The highest BCUT2D eigenvalue weighted by molar-refractivity contribution is 7.98. The second kappa shape index (κ2) is 6.02. The third-order valence-electron chi connectivity index (χ3n) is 3.28. The fraction of sp³-hybridized carbons (Fsp3) is 0.0625. The second-order valence-electron chi connectivity index (χ2n) is 4.80. The quantitative estimate of drug-likeness (QED) is 0.706. The monoisotopic (exact) mass is 334 g/mol. The van der Waals surface area contributed by atoms with Crippen LogP contribution >= 0.6 is 23.4 Å². The molecule has 0 saturated carbocycles. The van der Waals surface area contributed by atoms with Gasteiger partial charge in [0.15, 0.2) is 0 Å². The van der Waals surface area contributed by atoms with E-state index in [1.54, 1.807) is 12.1 Å². The minimum atomic E-state index is -0.368. The first kappa shape index (κ1) is 14.9. The zero-order valence-corrected chi connectivity index (χ0v) is 13.0. The number of thioether (sulfide) groups is 1. The van der Waals surface area contributed by atoms with Crippen LogP contribution in [0.15, 0.2) is 52.3 Å². The maximum absolute atomic E-state index is 13.5. The number of hydrogen-bond acceptors (Lipinski definition) is 3. The number of nitrogen functional groups attached to an aromatic ring is 1. The number of hydrogen-bond donors (Lipinski definition) is 2. The van der Waals surface area contributed by atoms with Crippen molar-refractivity contribution in [1.82, 2.24) is 4.98 Å². The summed E-state index contributed by atoms with van der Waals surface area (Å²) in [6, 6.07) is 11.6. The smallest absolute Gasteiger partial charge is 0.272 e. The topological polar surface area (TPSA) is 58.9 Å². The number of aromatic amines is 1. The molecule has 0 saturated heterocycles. The van der Waals surface area contributed by atoms with Crippen LogP contribution in [-0.4, -0.2) is 4.98 Å². The van der Waals surface area contributed by atoms with E-state index in [1.165, 1.54) is 30.0 Å². The van der Waals surface area contributed by atoms with Gasteiger partial charge in [0.1, 0.15) is 11.5 Å². The summed E-state index contributed by atoms with van der Waals surface area (Å²) in [5.74, 6) is 0.259. The Bertz CT molecular complexity index is 893. The van der Waals surface area contributed by atoms with Crippen molar-refractivity contribution in [3.05, 3.63) is 69.2 Å². The van der Waals surface area contributed by atoms with Gasteiger partial charge in [0.2, 0.25) is 0 Å². The Balaban J connectivity index is 1.99. The lowest BCUT2D eigenvalue weighted by molar-refractivity contribution is 0.629. The van der Waals surface area contributed by atoms with E-state index < -0.39 is 0 Å². The van der Waals surface area contributed by atoms with Crippen molar-refractivity contribution in [1.29, 1.82) is 0 Å². The highest BCUT2D eigenvalue weighted by Gasteiger charge is 2.10. The van der Waals surface area contributed by atoms with E-state index in [4.69, 9.17) is 17.3 Å². The van der Waals surface area contributed by atoms with Gasteiger partial charge in [0.05, 0.1) is 5.03 Å². The average molecular weight is 335 g/mol. The molecule has 112 valence electrons. The molecule has 0 spiro atoms. The zero-order valence-electron chi connectivity index (χ0n) is 11.4. The third-order valence-corrected chi connectivity index (χ3v) is 4.62. The standard InChI is InChI=1S/C16H12ClFN2OS/c17-10-3-1-9(2-4-10)8-22-16-13-7-11(18)5-6-12(13)14(19)15(21)20-16/h1-7H,8,19H2,(H,20,21). The van der Waals surface area contributed by atoms with E-state index in [2.05, 4.69) is 4.98 Å². The van der Waals surface area contributed by atoms with Gasteiger partial charge >= 0.3 is 0 Å². The molecule has 0 atom stereocenters. The van der Waals surface area contributed by atoms with Crippen LogP contribution in [0.3, 0.4) is 0 Å². The molecule has 6 heteroatoms. The molecule has 1 heterocycles. The number of benzene rings is 2. The molecule has 3 rings (SSSR count). The van der Waals surface area contributed by atoms with Gasteiger partial charge in [-0.1, -0.05) is 23.7 Å². The van der Waals surface area contributed by atoms with E-state index >= 15 is 0 Å². The minimum absolute atomic E-state index is 0.103. The van der Waals surface area contributed by atoms with E-state index in [-0.39, 0.29) is 17.1 Å². The van der Waals surface area contributed by atoms with Crippen LogP contribution in [0.2, 0.25) is 5.02 Å². The van der Waals surface area contributed by atoms with E-state index in [1.807, 2.05) is 12.1 Å². The second-order valence-corrected chi connectivity index (χ2v) is 6.22. The summed E-state index contributed by atoms with van der Waals surface area (Å²) in [4.78, 5) is 14.6. The summed E-state index contributed by atoms with van der Waals surface area (Å²) in [5.41, 5.74) is 6.56. The number of nitrogens with one attached hydrogen (secondary N) is 1. The largest absolute Gasteiger partial charge is 0.394 e. The van der Waals surface area contributed by atoms with E-state index in [9.17, 15) is 9.18 Å². The van der Waals surface area contributed by atoms with Gasteiger partial charge < -0.3 is 10.7 Å². The Kier molecular flexibility index (Phi) is 4.09. The molecule has 0 unspecified atom stereocenters. The van der Waals surface area contributed by atoms with Crippen molar-refractivity contribution in [2.75, 3.05) is 5.73 Å². The van der Waals surface area contributed by atoms with Crippen LogP contribution < -0.4 is 11.3 Å². The summed E-state index contributed by atoms with van der Waals surface area (Å²) in [6.07, 6.45) is 0. The van der Waals surface area contributed by atoms with Crippen LogP contribution in [-0.2, 0) is 5.75 Å². The Labute approximate surface area is 135 Å². The summed E-state index contributed by atoms with van der Waals surface area (Å²) in [6.45, 7) is 0. The van der Waals surface area contributed by atoms with Crippen molar-refractivity contribution in [3.63, 3.8) is 0 Å². The number of fused-ring (bicyclic) bond motifs is 1. The zero-order chi connectivity index (χ0) is 15.7. The number of anilines is 1. The highest BCUT2D eigenvalue weighted by Crippen LogP contribution is 2.30. The molecule has 3 nitrogen and oxygen atoms in total. The molecule has 0 amide bonds. The van der Waals surface area contributed by atoms with Crippen molar-refractivity contribution in [3.8, 4) is 0 Å². The minimum Gasteiger partial charge on any atom is -0.394 e. The van der Waals surface area contributed by atoms with Crippen LogP contribution in [0, 0.1) is 5.82 Å². The SMILES string of the molecule is Nc1c(=O)[nH]c(SCc2ccc(Cl)cc2)c2cc(F)ccc12. The average Bonchev–Trinajstić information content (AvgIpc) is 2.51. The molecule has 0 aliphatic rings. The van der Waals surface area contributed by atoms with Crippen LogP contribution in [0.5, 0.6) is 0 Å². The molecular formula is C16H12ClFN2OS. The predicted molar refractivity (Wildman–Crippen MR) is 90.0 cm³/mol. The number of rotatable bonds is 3. The summed E-state index contributed by atoms with van der Waals surface area (Å²) >= 11 is 7.27. The number of nitrogens with two attached hydrogens (primary N) is 1. The van der Waals surface area contributed by atoms with Gasteiger partial charge in [-0.15, -0.1) is 11.8 Å². The van der Waals surface area contributed by atoms with E-state index in [0.717, 1.165) is 5.56 Å². The highest BCUT2D eigenvalue weighted by atomic mass is 35.5. The molecular weight excluding hydrogens is 323 g/mol. The normalized spacial score (nSPS) is 11.0. The van der Waals surface area contributed by atoms with Gasteiger partial charge in [-0.2, -0.15) is 0 Å². The summed E-state index contributed by atoms with van der Waals surface area (Å²) < 4.78 is 13.5. The van der Waals surface area contributed by atoms with Gasteiger partial charge in [0.25, 0.3) is 5.56 Å². The number of aromatic nitrogens is 1. The maximum Gasteiger partial charge on any atom is 0.272 e. The van der Waals surface area contributed by atoms with Crippen LogP contribution in [0.1, 0.15) is 5.56 Å². The molecule has 3 N–H and O–H groups in total. The van der Waals surface area contributed by atoms with Gasteiger partial charge in [-0.05, 0) is 35.9 Å².